The van der Waals surface area contributed by atoms with Gasteiger partial charge in [-0.2, -0.15) is 0 Å². The van der Waals surface area contributed by atoms with E-state index in [1.807, 2.05) is 71.6 Å². The van der Waals surface area contributed by atoms with Crippen molar-refractivity contribution in [1.82, 2.24) is 4.90 Å². The molecular formula is C28H30N2O4. The van der Waals surface area contributed by atoms with Gasteiger partial charge in [0.1, 0.15) is 23.5 Å². The molecule has 0 radical (unpaired) electrons. The first-order valence-corrected chi connectivity index (χ1v) is 11.6. The van der Waals surface area contributed by atoms with Gasteiger partial charge < -0.3 is 19.1 Å². The molecular weight excluding hydrogens is 428 g/mol. The fourth-order valence-electron chi connectivity index (χ4n) is 4.92. The number of nitrogens with zero attached hydrogens (tertiary/aromatic N) is 2. The molecule has 0 aliphatic carbocycles. The Morgan fingerprint density at radius 1 is 0.882 bits per heavy atom. The number of hydrogen-bond acceptors (Lipinski definition) is 5. The highest BCUT2D eigenvalue weighted by molar-refractivity contribution is 6.09. The molecule has 34 heavy (non-hydrogen) atoms. The molecule has 0 bridgehead atoms. The minimum Gasteiger partial charge on any atom is -0.497 e. The molecule has 2 aliphatic heterocycles. The first-order chi connectivity index (χ1) is 16.6. The summed E-state index contributed by atoms with van der Waals surface area (Å²) >= 11 is 0. The number of likely N-dealkylation sites (tertiary alicyclic amines) is 1. The fourth-order valence-corrected chi connectivity index (χ4v) is 4.92. The Balaban J connectivity index is 1.41. The van der Waals surface area contributed by atoms with E-state index in [9.17, 15) is 4.79 Å². The molecule has 1 saturated heterocycles. The van der Waals surface area contributed by atoms with E-state index in [0.717, 1.165) is 40.4 Å². The lowest BCUT2D eigenvalue weighted by atomic mass is 9.74. The Morgan fingerprint density at radius 3 is 2.32 bits per heavy atom. The average molecular weight is 459 g/mol. The maximum absolute atomic E-state index is 13.8. The molecule has 0 unspecified atom stereocenters. The van der Waals surface area contributed by atoms with Gasteiger partial charge in [-0.1, -0.05) is 48.5 Å². The molecule has 176 valence electrons. The number of methoxy groups -OCH3 is 2. The van der Waals surface area contributed by atoms with Gasteiger partial charge in [-0.25, -0.2) is 0 Å². The van der Waals surface area contributed by atoms with Crippen LogP contribution in [0.1, 0.15) is 16.7 Å². The number of hydrogen-bond donors (Lipinski definition) is 0. The van der Waals surface area contributed by atoms with Gasteiger partial charge in [-0.15, -0.1) is 0 Å². The molecule has 0 N–H and O–H groups in total. The molecule has 1 fully saturated rings. The third-order valence-electron chi connectivity index (χ3n) is 6.78. The predicted octanol–water partition coefficient (Wildman–Crippen LogP) is 4.02. The minimum absolute atomic E-state index is 0.159. The first kappa shape index (κ1) is 22.4. The van der Waals surface area contributed by atoms with Crippen LogP contribution in [-0.2, 0) is 28.1 Å². The molecule has 2 heterocycles. The summed E-state index contributed by atoms with van der Waals surface area (Å²) in [4.78, 5) is 18.0. The largest absolute Gasteiger partial charge is 0.497 e. The molecule has 6 heteroatoms. The third-order valence-corrected chi connectivity index (χ3v) is 6.78. The van der Waals surface area contributed by atoms with Crippen molar-refractivity contribution in [3.05, 3.63) is 89.5 Å². The van der Waals surface area contributed by atoms with Crippen molar-refractivity contribution in [2.24, 2.45) is 0 Å². The second-order valence-corrected chi connectivity index (χ2v) is 8.98. The number of anilines is 1. The van der Waals surface area contributed by atoms with Crippen molar-refractivity contribution < 1.29 is 19.0 Å². The molecule has 3 aromatic rings. The molecule has 0 aromatic heterocycles. The Bertz CT molecular complexity index is 1140. The maximum Gasteiger partial charge on any atom is 0.240 e. The van der Waals surface area contributed by atoms with Crippen LogP contribution in [-0.4, -0.2) is 51.3 Å². The van der Waals surface area contributed by atoms with Crippen LogP contribution >= 0.6 is 0 Å². The zero-order valence-electron chi connectivity index (χ0n) is 19.7. The highest BCUT2D eigenvalue weighted by Crippen LogP contribution is 2.49. The zero-order chi connectivity index (χ0) is 23.5. The van der Waals surface area contributed by atoms with Crippen LogP contribution in [0.25, 0.3) is 0 Å². The number of carbonyl (C=O) groups excluding carboxylic acids is 1. The number of carbonyl (C=O) groups is 1. The Hall–Kier alpha value is -3.35. The fraction of sp³-hybridized carbons (Fsp3) is 0.321. The lowest BCUT2D eigenvalue weighted by molar-refractivity contribution is -0.129. The summed E-state index contributed by atoms with van der Waals surface area (Å²) in [5, 5.41) is 0. The van der Waals surface area contributed by atoms with Gasteiger partial charge in [0, 0.05) is 32.8 Å². The minimum atomic E-state index is -0.493. The molecule has 2 aliphatic rings. The first-order valence-electron chi connectivity index (χ1n) is 11.6. The van der Waals surface area contributed by atoms with Gasteiger partial charge in [0.2, 0.25) is 5.91 Å². The van der Waals surface area contributed by atoms with E-state index in [2.05, 4.69) is 11.0 Å². The zero-order valence-corrected chi connectivity index (χ0v) is 19.7. The molecule has 1 spiro atoms. The van der Waals surface area contributed by atoms with E-state index in [1.165, 1.54) is 0 Å². The maximum atomic E-state index is 13.8. The second-order valence-electron chi connectivity index (χ2n) is 8.98. The third kappa shape index (κ3) is 4.15. The summed E-state index contributed by atoms with van der Waals surface area (Å²) in [6.07, 6.45) is 0. The van der Waals surface area contributed by atoms with E-state index in [1.54, 1.807) is 14.2 Å². The topological polar surface area (TPSA) is 51.2 Å². The summed E-state index contributed by atoms with van der Waals surface area (Å²) in [5.74, 6) is 1.73. The smallest absolute Gasteiger partial charge is 0.240 e. The van der Waals surface area contributed by atoms with Crippen molar-refractivity contribution in [1.29, 1.82) is 0 Å². The van der Waals surface area contributed by atoms with Gasteiger partial charge in [-0.05, 0) is 34.9 Å². The second kappa shape index (κ2) is 9.49. The van der Waals surface area contributed by atoms with Crippen molar-refractivity contribution >= 4 is 11.6 Å². The molecule has 3 aromatic carbocycles. The molecule has 6 nitrogen and oxygen atoms in total. The molecule has 5 rings (SSSR count). The SMILES string of the molecule is COCCN1CC2(C1)C(=O)N(Cc1ccc(OC)cc1)c1cc(OCc3ccccc3)ccc12. The number of benzene rings is 3. The van der Waals surface area contributed by atoms with Crippen LogP contribution in [0, 0.1) is 0 Å². The summed E-state index contributed by atoms with van der Waals surface area (Å²) < 4.78 is 16.6. The van der Waals surface area contributed by atoms with Crippen LogP contribution < -0.4 is 14.4 Å². The highest BCUT2D eigenvalue weighted by atomic mass is 16.5. The van der Waals surface area contributed by atoms with Crippen LogP contribution in [0.15, 0.2) is 72.8 Å². The molecule has 0 saturated carbocycles. The number of rotatable bonds is 9. The van der Waals surface area contributed by atoms with E-state index in [-0.39, 0.29) is 5.91 Å². The van der Waals surface area contributed by atoms with Gasteiger partial charge in [0.05, 0.1) is 25.9 Å². The summed E-state index contributed by atoms with van der Waals surface area (Å²) in [6, 6.07) is 24.1. The summed E-state index contributed by atoms with van der Waals surface area (Å²) in [5.41, 5.74) is 3.71. The monoisotopic (exact) mass is 458 g/mol. The summed E-state index contributed by atoms with van der Waals surface area (Å²) in [6.45, 7) is 3.92. The van der Waals surface area contributed by atoms with Gasteiger partial charge >= 0.3 is 0 Å². The van der Waals surface area contributed by atoms with E-state index >= 15 is 0 Å². The van der Waals surface area contributed by atoms with Crippen molar-refractivity contribution in [3.63, 3.8) is 0 Å². The van der Waals surface area contributed by atoms with Crippen LogP contribution in [0.4, 0.5) is 5.69 Å². The average Bonchev–Trinajstić information content (AvgIpc) is 3.09. The van der Waals surface area contributed by atoms with Crippen molar-refractivity contribution in [2.75, 3.05) is 45.4 Å². The molecule has 0 atom stereocenters. The van der Waals surface area contributed by atoms with E-state index in [0.29, 0.717) is 32.8 Å². The van der Waals surface area contributed by atoms with E-state index < -0.39 is 5.41 Å². The van der Waals surface area contributed by atoms with Crippen molar-refractivity contribution in [2.45, 2.75) is 18.6 Å². The molecule has 1 amide bonds. The summed E-state index contributed by atoms with van der Waals surface area (Å²) in [7, 11) is 3.36. The number of fused-ring (bicyclic) bond motifs is 2. The Morgan fingerprint density at radius 2 is 1.62 bits per heavy atom. The van der Waals surface area contributed by atoms with Gasteiger partial charge in [0.15, 0.2) is 0 Å². The Kier molecular flexibility index (Phi) is 6.26. The number of amides is 1. The van der Waals surface area contributed by atoms with Crippen LogP contribution in [0.2, 0.25) is 0 Å². The van der Waals surface area contributed by atoms with Gasteiger partial charge in [-0.3, -0.25) is 9.69 Å². The Labute approximate surface area is 200 Å². The standard InChI is InChI=1S/C28H30N2O4/c1-32-15-14-29-19-28(20-29)25-13-12-24(34-18-22-6-4-3-5-7-22)16-26(25)30(27(28)31)17-21-8-10-23(33-2)11-9-21/h3-13,16H,14-15,17-20H2,1-2H3. The van der Waals surface area contributed by atoms with Crippen LogP contribution in [0.5, 0.6) is 11.5 Å². The highest BCUT2D eigenvalue weighted by Gasteiger charge is 2.57. The van der Waals surface area contributed by atoms with Crippen molar-refractivity contribution in [3.8, 4) is 11.5 Å². The normalized spacial score (nSPS) is 16.4. The van der Waals surface area contributed by atoms with Gasteiger partial charge in [0.25, 0.3) is 0 Å². The predicted molar refractivity (Wildman–Crippen MR) is 131 cm³/mol. The lowest BCUT2D eigenvalue weighted by Crippen LogP contribution is -2.64. The lowest BCUT2D eigenvalue weighted by Gasteiger charge is -2.46. The van der Waals surface area contributed by atoms with E-state index in [4.69, 9.17) is 14.2 Å². The number of ether oxygens (including phenoxy) is 3. The van der Waals surface area contributed by atoms with Crippen LogP contribution in [0.3, 0.4) is 0 Å². The quantitative estimate of drug-likeness (QED) is 0.485.